The summed E-state index contributed by atoms with van der Waals surface area (Å²) in [4.78, 5) is 10.1. The highest BCUT2D eigenvalue weighted by molar-refractivity contribution is 5.85. The molecule has 1 heterocycles. The van der Waals surface area contributed by atoms with Crippen molar-refractivity contribution in [2.24, 2.45) is 0 Å². The first-order valence-corrected chi connectivity index (χ1v) is 5.69. The van der Waals surface area contributed by atoms with Crippen molar-refractivity contribution in [2.75, 3.05) is 34.4 Å². The van der Waals surface area contributed by atoms with Gasteiger partial charge in [-0.1, -0.05) is 0 Å². The van der Waals surface area contributed by atoms with Gasteiger partial charge in [0, 0.05) is 11.9 Å². The third kappa shape index (κ3) is 2.68. The van der Waals surface area contributed by atoms with Crippen molar-refractivity contribution < 1.29 is 9.47 Å². The minimum Gasteiger partial charge on any atom is -0.491 e. The van der Waals surface area contributed by atoms with Crippen molar-refractivity contribution in [1.29, 1.82) is 0 Å². The second-order valence-electron chi connectivity index (χ2n) is 4.13. The maximum atomic E-state index is 5.71. The Labute approximate surface area is 106 Å². The number of nitrogens with zero attached hydrogens (tertiary/aromatic N) is 3. The Kier molecular flexibility index (Phi) is 3.94. The van der Waals surface area contributed by atoms with E-state index in [0.717, 1.165) is 17.4 Å². The fraction of sp³-hybridized carbons (Fsp3) is 0.385. The van der Waals surface area contributed by atoms with Gasteiger partial charge in [0.2, 0.25) is 0 Å². The van der Waals surface area contributed by atoms with Gasteiger partial charge in [0.15, 0.2) is 11.5 Å². The van der Waals surface area contributed by atoms with Crippen LogP contribution in [0.2, 0.25) is 0 Å². The van der Waals surface area contributed by atoms with E-state index in [1.807, 2.05) is 26.2 Å². The number of fused-ring (bicyclic) bond motifs is 1. The molecule has 2 rings (SSSR count). The molecule has 18 heavy (non-hydrogen) atoms. The van der Waals surface area contributed by atoms with Gasteiger partial charge >= 0.3 is 0 Å². The van der Waals surface area contributed by atoms with E-state index in [-0.39, 0.29) is 0 Å². The second kappa shape index (κ2) is 5.64. The Bertz CT molecular complexity index is 529. The molecular weight excluding hydrogens is 230 g/mol. The van der Waals surface area contributed by atoms with E-state index in [0.29, 0.717) is 18.1 Å². The molecule has 0 unspecified atom stereocenters. The predicted molar refractivity (Wildman–Crippen MR) is 69.0 cm³/mol. The van der Waals surface area contributed by atoms with Crippen molar-refractivity contribution in [2.45, 2.75) is 0 Å². The van der Waals surface area contributed by atoms with Crippen LogP contribution in [0.25, 0.3) is 10.9 Å². The monoisotopic (exact) mass is 246 g/mol. The average Bonchev–Trinajstić information content (AvgIpc) is 2.38. The van der Waals surface area contributed by atoms with E-state index in [9.17, 15) is 0 Å². The van der Waals surface area contributed by atoms with E-state index in [2.05, 4.69) is 21.1 Å². The van der Waals surface area contributed by atoms with Gasteiger partial charge in [-0.25, -0.2) is 9.97 Å². The molecule has 0 spiro atoms. The fourth-order valence-electron chi connectivity index (χ4n) is 1.61. The lowest BCUT2D eigenvalue weighted by atomic mass is 10.2. The Morgan fingerprint density at radius 2 is 2.17 bits per heavy atom. The van der Waals surface area contributed by atoms with Crippen molar-refractivity contribution in [3.05, 3.63) is 24.7 Å². The van der Waals surface area contributed by atoms with Gasteiger partial charge in [-0.15, -0.1) is 0 Å². The molecule has 0 bridgehead atoms. The summed E-state index contributed by atoms with van der Waals surface area (Å²) in [7, 11) is 5.61. The highest BCUT2D eigenvalue weighted by Gasteiger charge is 2.10. The van der Waals surface area contributed by atoms with Crippen LogP contribution in [-0.2, 0) is 0 Å². The number of rotatable bonds is 5. The van der Waals surface area contributed by atoms with Gasteiger partial charge in [-0.05, 0) is 26.2 Å². The number of hydrogen-bond donors (Lipinski definition) is 0. The van der Waals surface area contributed by atoms with Gasteiger partial charge in [0.1, 0.15) is 24.6 Å². The molecule has 95 valence electrons. The maximum Gasteiger partial charge on any atom is 0.187 e. The zero-order chi connectivity index (χ0) is 13.0. The molecule has 0 amide bonds. The van der Waals surface area contributed by atoms with Crippen LogP contribution in [0.4, 0.5) is 0 Å². The Balaban J connectivity index is 2.27. The molecule has 0 N–H and O–H groups in total. The van der Waals surface area contributed by atoms with E-state index in [1.54, 1.807) is 7.11 Å². The van der Waals surface area contributed by atoms with Crippen LogP contribution in [0.3, 0.4) is 0 Å². The van der Waals surface area contributed by atoms with Crippen molar-refractivity contribution >= 4 is 10.9 Å². The summed E-state index contributed by atoms with van der Waals surface area (Å²) < 4.78 is 11.1. The lowest BCUT2D eigenvalue weighted by Gasteiger charge is -2.14. The number of benzene rings is 1. The summed E-state index contributed by atoms with van der Waals surface area (Å²) >= 11 is 0. The highest BCUT2D eigenvalue weighted by Crippen LogP contribution is 2.33. The van der Waals surface area contributed by atoms with E-state index < -0.39 is 0 Å². The fourth-order valence-corrected chi connectivity index (χ4v) is 1.61. The minimum absolute atomic E-state index is 0.601. The molecule has 0 aliphatic rings. The number of ether oxygens (including phenoxy) is 2. The first-order valence-electron chi connectivity index (χ1n) is 5.69. The summed E-state index contributed by atoms with van der Waals surface area (Å²) in [5, 5.41) is 0.814. The molecule has 1 radical (unpaired) electrons. The molecule has 5 nitrogen and oxygen atoms in total. The summed E-state index contributed by atoms with van der Waals surface area (Å²) in [5.41, 5.74) is 0.717. The normalized spacial score (nSPS) is 10.9. The number of hydrogen-bond acceptors (Lipinski definition) is 5. The van der Waals surface area contributed by atoms with E-state index >= 15 is 0 Å². The molecular formula is C13H16N3O2. The maximum absolute atomic E-state index is 5.71. The number of aromatic nitrogens is 2. The third-order valence-corrected chi connectivity index (χ3v) is 2.53. The summed E-state index contributed by atoms with van der Waals surface area (Å²) in [6, 6.07) is 3.74. The van der Waals surface area contributed by atoms with Gasteiger partial charge in [-0.2, -0.15) is 0 Å². The van der Waals surface area contributed by atoms with Crippen molar-refractivity contribution in [3.63, 3.8) is 0 Å². The summed E-state index contributed by atoms with van der Waals surface area (Å²) in [6.07, 6.45) is 4.32. The van der Waals surface area contributed by atoms with Gasteiger partial charge in [0.05, 0.1) is 7.11 Å². The standard InChI is InChI=1S/C13H16N3O2/c1-16(2)6-7-18-11-5-4-10-8-14-9-15-12(10)13(11)17-3/h4-5,9H,6-7H2,1-3H3. The zero-order valence-corrected chi connectivity index (χ0v) is 10.8. The van der Waals surface area contributed by atoms with Crippen LogP contribution in [0.5, 0.6) is 11.5 Å². The molecule has 0 aliphatic carbocycles. The molecule has 0 aliphatic heterocycles. The first-order chi connectivity index (χ1) is 8.72. The predicted octanol–water partition coefficient (Wildman–Crippen LogP) is 1.38. The minimum atomic E-state index is 0.601. The van der Waals surface area contributed by atoms with Crippen molar-refractivity contribution in [1.82, 2.24) is 14.9 Å². The number of likely N-dealkylation sites (N-methyl/N-ethyl adjacent to an activating group) is 1. The van der Waals surface area contributed by atoms with E-state index in [1.165, 1.54) is 6.33 Å². The first kappa shape index (κ1) is 12.6. The lowest BCUT2D eigenvalue weighted by Crippen LogP contribution is -2.19. The molecule has 0 atom stereocenters. The second-order valence-corrected chi connectivity index (χ2v) is 4.13. The largest absolute Gasteiger partial charge is 0.491 e. The topological polar surface area (TPSA) is 47.5 Å². The van der Waals surface area contributed by atoms with Gasteiger partial charge in [0.25, 0.3) is 0 Å². The third-order valence-electron chi connectivity index (χ3n) is 2.53. The molecule has 1 aromatic heterocycles. The Hall–Kier alpha value is -1.88. The van der Waals surface area contributed by atoms with E-state index in [4.69, 9.17) is 9.47 Å². The quantitative estimate of drug-likeness (QED) is 0.797. The van der Waals surface area contributed by atoms with Crippen LogP contribution < -0.4 is 9.47 Å². The summed E-state index contributed by atoms with van der Waals surface area (Å²) in [5.74, 6) is 1.32. The molecule has 2 aromatic rings. The summed E-state index contributed by atoms with van der Waals surface area (Å²) in [6.45, 7) is 1.45. The zero-order valence-electron chi connectivity index (χ0n) is 10.8. The molecule has 1 aromatic carbocycles. The lowest BCUT2D eigenvalue weighted by molar-refractivity contribution is 0.251. The SMILES string of the molecule is COc1c(OCCN(C)C)ccc2[c]ncnc12. The van der Waals surface area contributed by atoms with Crippen LogP contribution in [0.1, 0.15) is 0 Å². The molecule has 0 saturated heterocycles. The van der Waals surface area contributed by atoms with Crippen molar-refractivity contribution in [3.8, 4) is 11.5 Å². The van der Waals surface area contributed by atoms with Crippen LogP contribution in [0, 0.1) is 6.20 Å². The number of methoxy groups -OCH3 is 1. The highest BCUT2D eigenvalue weighted by atomic mass is 16.5. The Morgan fingerprint density at radius 3 is 2.89 bits per heavy atom. The van der Waals surface area contributed by atoms with Crippen LogP contribution in [0.15, 0.2) is 18.5 Å². The molecule has 0 saturated carbocycles. The smallest absolute Gasteiger partial charge is 0.187 e. The van der Waals surface area contributed by atoms with Crippen LogP contribution >= 0.6 is 0 Å². The van der Waals surface area contributed by atoms with Gasteiger partial charge < -0.3 is 14.4 Å². The van der Waals surface area contributed by atoms with Gasteiger partial charge in [-0.3, -0.25) is 0 Å². The Morgan fingerprint density at radius 1 is 1.33 bits per heavy atom. The molecule has 5 heteroatoms. The molecule has 0 fully saturated rings. The average molecular weight is 246 g/mol. The van der Waals surface area contributed by atoms with Crippen LogP contribution in [-0.4, -0.2) is 49.2 Å².